The van der Waals surface area contributed by atoms with E-state index in [4.69, 9.17) is 9.15 Å². The van der Waals surface area contributed by atoms with Gasteiger partial charge in [-0.2, -0.15) is 0 Å². The van der Waals surface area contributed by atoms with Crippen LogP contribution in [0.15, 0.2) is 65.4 Å². The molecule has 0 unspecified atom stereocenters. The molecule has 1 N–H and O–H groups in total. The third-order valence-corrected chi connectivity index (χ3v) is 5.50. The number of carbonyl (C=O) groups is 1. The molecule has 0 saturated carbocycles. The van der Waals surface area contributed by atoms with Crippen molar-refractivity contribution < 1.29 is 13.9 Å². The number of amides is 1. The van der Waals surface area contributed by atoms with Crippen LogP contribution in [0.2, 0.25) is 0 Å². The lowest BCUT2D eigenvalue weighted by molar-refractivity contribution is -0.111. The number of hydrogen-bond donors (Lipinski definition) is 1. The van der Waals surface area contributed by atoms with Gasteiger partial charge in [0.05, 0.1) is 13.4 Å². The smallest absolute Gasteiger partial charge is 0.249 e. The molecule has 0 bridgehead atoms. The van der Waals surface area contributed by atoms with Crippen LogP contribution in [0.3, 0.4) is 0 Å². The van der Waals surface area contributed by atoms with E-state index in [1.54, 1.807) is 31.7 Å². The number of ether oxygens (including phenoxy) is 1. The van der Waals surface area contributed by atoms with Crippen LogP contribution in [0.5, 0.6) is 5.75 Å². The molecule has 5 heteroatoms. The Bertz CT molecular complexity index is 1330. The molecule has 0 fully saturated rings. The number of benzene rings is 2. The van der Waals surface area contributed by atoms with Crippen LogP contribution < -0.4 is 10.1 Å². The molecular formula is C27H26N2O3. The molecule has 0 atom stereocenters. The Kier molecular flexibility index (Phi) is 5.82. The maximum atomic E-state index is 12.6. The molecule has 0 aliphatic carbocycles. The van der Waals surface area contributed by atoms with E-state index in [1.165, 1.54) is 11.1 Å². The van der Waals surface area contributed by atoms with Gasteiger partial charge in [-0.25, -0.2) is 4.98 Å². The summed E-state index contributed by atoms with van der Waals surface area (Å²) in [4.78, 5) is 16.8. The third kappa shape index (κ3) is 4.28. The van der Waals surface area contributed by atoms with E-state index in [1.807, 2.05) is 32.0 Å². The molecule has 2 aromatic carbocycles. The molecular weight excluding hydrogens is 400 g/mol. The standard InChI is InChI=1S/C27H26N2O3/c1-16-6-8-20(18(3)10-16)23-15-32-25-13-24(31-5)21(12-22(23)25)19(4)11-27(30)29-26-9-7-17(2)14-28-26/h6-15H,1-5H3,(H,28,29,30)/b19-11+. The molecule has 4 rings (SSSR count). The van der Waals surface area contributed by atoms with Crippen LogP contribution in [0.4, 0.5) is 5.82 Å². The summed E-state index contributed by atoms with van der Waals surface area (Å²) in [7, 11) is 1.61. The van der Waals surface area contributed by atoms with Gasteiger partial charge in [0, 0.05) is 34.9 Å². The van der Waals surface area contributed by atoms with E-state index in [2.05, 4.69) is 42.3 Å². The molecule has 0 radical (unpaired) electrons. The Morgan fingerprint density at radius 2 is 1.81 bits per heavy atom. The van der Waals surface area contributed by atoms with Gasteiger partial charge in [0.2, 0.25) is 5.91 Å². The normalized spacial score (nSPS) is 11.6. The van der Waals surface area contributed by atoms with Crippen molar-refractivity contribution >= 4 is 28.3 Å². The van der Waals surface area contributed by atoms with Gasteiger partial charge in [-0.15, -0.1) is 0 Å². The van der Waals surface area contributed by atoms with Crippen molar-refractivity contribution in [3.05, 3.63) is 83.3 Å². The van der Waals surface area contributed by atoms with Crippen molar-refractivity contribution in [2.75, 3.05) is 12.4 Å². The summed E-state index contributed by atoms with van der Waals surface area (Å²) in [6.07, 6.45) is 5.05. The van der Waals surface area contributed by atoms with Crippen molar-refractivity contribution in [3.63, 3.8) is 0 Å². The second-order valence-electron chi connectivity index (χ2n) is 8.05. The molecule has 4 aromatic rings. The van der Waals surface area contributed by atoms with Crippen molar-refractivity contribution in [1.82, 2.24) is 4.98 Å². The summed E-state index contributed by atoms with van der Waals surface area (Å²) in [6, 6.07) is 14.0. The highest BCUT2D eigenvalue weighted by atomic mass is 16.5. The molecule has 0 spiro atoms. The van der Waals surface area contributed by atoms with Gasteiger partial charge in [-0.3, -0.25) is 4.79 Å². The first-order valence-electron chi connectivity index (χ1n) is 10.4. The summed E-state index contributed by atoms with van der Waals surface area (Å²) in [5.41, 5.74) is 7.92. The number of allylic oxidation sites excluding steroid dienone is 1. The second-order valence-corrected chi connectivity index (χ2v) is 8.05. The van der Waals surface area contributed by atoms with Crippen LogP contribution >= 0.6 is 0 Å². The summed E-state index contributed by atoms with van der Waals surface area (Å²) in [5.74, 6) is 0.913. The fourth-order valence-corrected chi connectivity index (χ4v) is 3.83. The Balaban J connectivity index is 1.73. The van der Waals surface area contributed by atoms with Gasteiger partial charge >= 0.3 is 0 Å². The number of rotatable bonds is 5. The number of aryl methyl sites for hydroxylation is 3. The molecule has 32 heavy (non-hydrogen) atoms. The largest absolute Gasteiger partial charge is 0.496 e. The van der Waals surface area contributed by atoms with E-state index in [0.29, 0.717) is 11.6 Å². The van der Waals surface area contributed by atoms with Gasteiger partial charge < -0.3 is 14.5 Å². The van der Waals surface area contributed by atoms with Gasteiger partial charge in [-0.05, 0) is 62.1 Å². The number of nitrogens with zero attached hydrogens (tertiary/aromatic N) is 1. The maximum Gasteiger partial charge on any atom is 0.249 e. The summed E-state index contributed by atoms with van der Waals surface area (Å²) in [6.45, 7) is 8.02. The Hall–Kier alpha value is -3.86. The van der Waals surface area contributed by atoms with E-state index in [-0.39, 0.29) is 5.91 Å². The van der Waals surface area contributed by atoms with Crippen molar-refractivity contribution in [2.45, 2.75) is 27.7 Å². The highest BCUT2D eigenvalue weighted by molar-refractivity contribution is 6.05. The van der Waals surface area contributed by atoms with Crippen LogP contribution in [-0.4, -0.2) is 18.0 Å². The minimum atomic E-state index is -0.247. The fourth-order valence-electron chi connectivity index (χ4n) is 3.83. The van der Waals surface area contributed by atoms with Gasteiger partial charge in [0.15, 0.2) is 0 Å². The Morgan fingerprint density at radius 3 is 2.50 bits per heavy atom. The zero-order valence-corrected chi connectivity index (χ0v) is 18.9. The average Bonchev–Trinajstić information content (AvgIpc) is 3.17. The highest BCUT2D eigenvalue weighted by Gasteiger charge is 2.16. The first-order chi connectivity index (χ1) is 15.4. The topological polar surface area (TPSA) is 64.4 Å². The summed E-state index contributed by atoms with van der Waals surface area (Å²) in [5, 5.41) is 3.78. The average molecular weight is 427 g/mol. The number of furan rings is 1. The number of carbonyl (C=O) groups excluding carboxylic acids is 1. The first-order valence-corrected chi connectivity index (χ1v) is 10.4. The minimum Gasteiger partial charge on any atom is -0.496 e. The number of nitrogens with one attached hydrogen (secondary N) is 1. The lowest BCUT2D eigenvalue weighted by Crippen LogP contribution is -2.10. The summed E-state index contributed by atoms with van der Waals surface area (Å²) < 4.78 is 11.4. The molecule has 2 aromatic heterocycles. The predicted molar refractivity (Wildman–Crippen MR) is 129 cm³/mol. The van der Waals surface area contributed by atoms with Crippen LogP contribution in [0.1, 0.15) is 29.2 Å². The molecule has 0 aliphatic heterocycles. The van der Waals surface area contributed by atoms with E-state index in [0.717, 1.165) is 38.8 Å². The monoisotopic (exact) mass is 426 g/mol. The number of hydrogen-bond acceptors (Lipinski definition) is 4. The number of methoxy groups -OCH3 is 1. The fraction of sp³-hybridized carbons (Fsp3) is 0.185. The number of fused-ring (bicyclic) bond motifs is 1. The molecule has 2 heterocycles. The molecule has 1 amide bonds. The number of pyridine rings is 1. The van der Waals surface area contributed by atoms with Crippen LogP contribution in [0.25, 0.3) is 27.7 Å². The first kappa shape index (κ1) is 21.4. The van der Waals surface area contributed by atoms with E-state index in [9.17, 15) is 4.79 Å². The van der Waals surface area contributed by atoms with E-state index >= 15 is 0 Å². The third-order valence-electron chi connectivity index (χ3n) is 5.50. The van der Waals surface area contributed by atoms with Crippen molar-refractivity contribution in [1.29, 1.82) is 0 Å². The van der Waals surface area contributed by atoms with Gasteiger partial charge in [0.25, 0.3) is 0 Å². The van der Waals surface area contributed by atoms with Gasteiger partial charge in [0.1, 0.15) is 17.2 Å². The second kappa shape index (κ2) is 8.71. The molecule has 0 aliphatic rings. The summed E-state index contributed by atoms with van der Waals surface area (Å²) >= 11 is 0. The quantitative estimate of drug-likeness (QED) is 0.371. The zero-order valence-electron chi connectivity index (χ0n) is 18.9. The lowest BCUT2D eigenvalue weighted by Gasteiger charge is -2.11. The van der Waals surface area contributed by atoms with Crippen LogP contribution in [-0.2, 0) is 4.79 Å². The Morgan fingerprint density at radius 1 is 1.03 bits per heavy atom. The van der Waals surface area contributed by atoms with Crippen molar-refractivity contribution in [3.8, 4) is 16.9 Å². The number of anilines is 1. The van der Waals surface area contributed by atoms with Crippen LogP contribution in [0, 0.1) is 20.8 Å². The highest BCUT2D eigenvalue weighted by Crippen LogP contribution is 2.38. The number of aromatic nitrogens is 1. The minimum absolute atomic E-state index is 0.247. The Labute approximate surface area is 187 Å². The van der Waals surface area contributed by atoms with Gasteiger partial charge in [-0.1, -0.05) is 29.8 Å². The van der Waals surface area contributed by atoms with E-state index < -0.39 is 0 Å². The molecule has 5 nitrogen and oxygen atoms in total. The molecule has 162 valence electrons. The maximum absolute atomic E-state index is 12.6. The SMILES string of the molecule is COc1cc2occ(-c3ccc(C)cc3C)c2cc1/C(C)=C/C(=O)Nc1ccc(C)cn1. The predicted octanol–water partition coefficient (Wildman–Crippen LogP) is 6.47. The molecule has 0 saturated heterocycles. The zero-order chi connectivity index (χ0) is 22.8. The lowest BCUT2D eigenvalue weighted by atomic mass is 9.96. The van der Waals surface area contributed by atoms with Crippen molar-refractivity contribution in [2.24, 2.45) is 0 Å².